The Morgan fingerprint density at radius 2 is 1.82 bits per heavy atom. The van der Waals surface area contributed by atoms with Crippen LogP contribution in [0.1, 0.15) is 44.0 Å². The highest BCUT2D eigenvalue weighted by molar-refractivity contribution is 7.89. The molecular formula is C15H24N2O4S. The van der Waals surface area contributed by atoms with Gasteiger partial charge in [-0.15, -0.1) is 0 Å². The third-order valence-electron chi connectivity index (χ3n) is 2.94. The fourth-order valence-corrected chi connectivity index (χ4v) is 3.16. The number of sulfonamides is 1. The van der Waals surface area contributed by atoms with Crippen LogP contribution in [-0.4, -0.2) is 38.1 Å². The van der Waals surface area contributed by atoms with Gasteiger partial charge in [0.15, 0.2) is 0 Å². The van der Waals surface area contributed by atoms with E-state index < -0.39 is 16.1 Å². The van der Waals surface area contributed by atoms with Crippen molar-refractivity contribution in [3.05, 3.63) is 29.8 Å². The third kappa shape index (κ3) is 5.75. The molecule has 1 aromatic rings. The van der Waals surface area contributed by atoms with Crippen molar-refractivity contribution < 1.29 is 18.3 Å². The van der Waals surface area contributed by atoms with Crippen LogP contribution in [-0.2, 0) is 10.0 Å². The summed E-state index contributed by atoms with van der Waals surface area (Å²) in [5.41, 5.74) is 0.354. The molecule has 1 aromatic carbocycles. The Kier molecular flexibility index (Phi) is 6.99. The number of benzene rings is 1. The van der Waals surface area contributed by atoms with Gasteiger partial charge in [-0.1, -0.05) is 13.3 Å². The molecule has 1 unspecified atom stereocenters. The van der Waals surface area contributed by atoms with Gasteiger partial charge in [-0.25, -0.2) is 13.1 Å². The molecule has 1 atom stereocenters. The highest BCUT2D eigenvalue weighted by Crippen LogP contribution is 2.11. The molecule has 6 nitrogen and oxygen atoms in total. The second-order valence-corrected chi connectivity index (χ2v) is 7.17. The molecule has 0 heterocycles. The fraction of sp³-hybridized carbons (Fsp3) is 0.533. The van der Waals surface area contributed by atoms with Gasteiger partial charge in [-0.2, -0.15) is 0 Å². The van der Waals surface area contributed by atoms with Crippen LogP contribution in [0.5, 0.6) is 0 Å². The van der Waals surface area contributed by atoms with Crippen molar-refractivity contribution >= 4 is 15.9 Å². The summed E-state index contributed by atoms with van der Waals surface area (Å²) in [5.74, 6) is -0.337. The zero-order valence-corrected chi connectivity index (χ0v) is 14.0. The van der Waals surface area contributed by atoms with Gasteiger partial charge < -0.3 is 10.4 Å². The molecule has 1 rings (SSSR count). The number of aliphatic hydroxyl groups is 1. The lowest BCUT2D eigenvalue weighted by Crippen LogP contribution is -2.32. The molecule has 7 heteroatoms. The number of carbonyl (C=O) groups excluding carboxylic acids is 1. The van der Waals surface area contributed by atoms with Crippen LogP contribution in [0.15, 0.2) is 29.2 Å². The van der Waals surface area contributed by atoms with E-state index in [9.17, 15) is 18.3 Å². The maximum absolute atomic E-state index is 12.0. The Labute approximate surface area is 132 Å². The number of amides is 1. The van der Waals surface area contributed by atoms with E-state index in [1.165, 1.54) is 24.3 Å². The largest absolute Gasteiger partial charge is 0.391 e. The summed E-state index contributed by atoms with van der Waals surface area (Å²) in [7, 11) is -3.56. The van der Waals surface area contributed by atoms with E-state index >= 15 is 0 Å². The van der Waals surface area contributed by atoms with Crippen LogP contribution in [0, 0.1) is 0 Å². The molecule has 0 aromatic heterocycles. The normalized spacial score (nSPS) is 13.1. The highest BCUT2D eigenvalue weighted by Gasteiger charge is 2.16. The summed E-state index contributed by atoms with van der Waals surface area (Å²) in [6.45, 7) is 5.61. The monoisotopic (exact) mass is 328 g/mol. The molecule has 0 aliphatic rings. The number of hydrogen-bond acceptors (Lipinski definition) is 4. The third-order valence-corrected chi connectivity index (χ3v) is 4.61. The van der Waals surface area contributed by atoms with Gasteiger partial charge in [-0.05, 0) is 44.5 Å². The van der Waals surface area contributed by atoms with Gasteiger partial charge >= 0.3 is 0 Å². The average molecular weight is 328 g/mol. The van der Waals surface area contributed by atoms with Crippen LogP contribution < -0.4 is 10.0 Å². The van der Waals surface area contributed by atoms with Crippen LogP contribution in [0.2, 0.25) is 0 Å². The van der Waals surface area contributed by atoms with Gasteiger partial charge in [0.2, 0.25) is 10.0 Å². The van der Waals surface area contributed by atoms with Crippen molar-refractivity contribution in [3.63, 3.8) is 0 Å². The molecule has 1 amide bonds. The van der Waals surface area contributed by atoms with Crippen molar-refractivity contribution in [3.8, 4) is 0 Å². The predicted octanol–water partition coefficient (Wildman–Crippen LogP) is 1.26. The summed E-state index contributed by atoms with van der Waals surface area (Å²) >= 11 is 0. The van der Waals surface area contributed by atoms with Gasteiger partial charge in [0, 0.05) is 18.2 Å². The number of hydrogen-bond donors (Lipinski definition) is 3. The first-order valence-corrected chi connectivity index (χ1v) is 8.83. The van der Waals surface area contributed by atoms with Crippen molar-refractivity contribution in [2.45, 2.75) is 50.7 Å². The summed E-state index contributed by atoms with van der Waals surface area (Å²) in [5, 5.41) is 12.2. The highest BCUT2D eigenvalue weighted by atomic mass is 32.2. The first kappa shape index (κ1) is 18.6. The molecule has 0 saturated carbocycles. The molecular weight excluding hydrogens is 304 g/mol. The number of carbonyl (C=O) groups is 1. The molecule has 3 N–H and O–H groups in total. The molecule has 0 spiro atoms. The Hall–Kier alpha value is -1.44. The molecule has 22 heavy (non-hydrogen) atoms. The van der Waals surface area contributed by atoms with Crippen molar-refractivity contribution in [2.24, 2.45) is 0 Å². The second-order valence-electron chi connectivity index (χ2n) is 5.45. The van der Waals surface area contributed by atoms with Crippen molar-refractivity contribution in [1.29, 1.82) is 0 Å². The second kappa shape index (κ2) is 8.26. The maximum atomic E-state index is 12.0. The van der Waals surface area contributed by atoms with E-state index in [4.69, 9.17) is 0 Å². The zero-order chi connectivity index (χ0) is 16.8. The molecule has 0 fully saturated rings. The summed E-state index contributed by atoms with van der Waals surface area (Å²) in [6.07, 6.45) is 0.897. The standard InChI is InChI=1S/C15H24N2O4S/c1-4-5-13(18)10-16-15(19)12-6-8-14(9-7-12)22(20,21)17-11(2)3/h6-9,11,13,17-18H,4-5,10H2,1-3H3,(H,16,19). The zero-order valence-electron chi connectivity index (χ0n) is 13.2. The lowest BCUT2D eigenvalue weighted by molar-refractivity contribution is 0.0910. The number of rotatable bonds is 8. The van der Waals surface area contributed by atoms with Gasteiger partial charge in [0.25, 0.3) is 5.91 Å². The van der Waals surface area contributed by atoms with Gasteiger partial charge in [-0.3, -0.25) is 4.79 Å². The summed E-state index contributed by atoms with van der Waals surface area (Å²) in [4.78, 5) is 12.0. The van der Waals surface area contributed by atoms with Crippen LogP contribution >= 0.6 is 0 Å². The SMILES string of the molecule is CCCC(O)CNC(=O)c1ccc(S(=O)(=O)NC(C)C)cc1. The number of aliphatic hydroxyl groups excluding tert-OH is 1. The molecule has 0 radical (unpaired) electrons. The summed E-state index contributed by atoms with van der Waals surface area (Å²) in [6, 6.07) is 5.49. The van der Waals surface area contributed by atoms with E-state index in [2.05, 4.69) is 10.0 Å². The van der Waals surface area contributed by atoms with E-state index in [-0.39, 0.29) is 23.4 Å². The van der Waals surface area contributed by atoms with Crippen molar-refractivity contribution in [2.75, 3.05) is 6.54 Å². The average Bonchev–Trinajstić information content (AvgIpc) is 2.44. The van der Waals surface area contributed by atoms with Crippen LogP contribution in [0.3, 0.4) is 0 Å². The van der Waals surface area contributed by atoms with Gasteiger partial charge in [0.1, 0.15) is 0 Å². The van der Waals surface area contributed by atoms with Crippen LogP contribution in [0.25, 0.3) is 0 Å². The smallest absolute Gasteiger partial charge is 0.251 e. The molecule has 0 bridgehead atoms. The minimum Gasteiger partial charge on any atom is -0.391 e. The first-order chi connectivity index (χ1) is 10.3. The Morgan fingerprint density at radius 1 is 1.23 bits per heavy atom. The Morgan fingerprint density at radius 3 is 2.32 bits per heavy atom. The lowest BCUT2D eigenvalue weighted by Gasteiger charge is -2.12. The molecule has 0 saturated heterocycles. The fourth-order valence-electron chi connectivity index (χ4n) is 1.91. The molecule has 124 valence electrons. The first-order valence-electron chi connectivity index (χ1n) is 7.35. The maximum Gasteiger partial charge on any atom is 0.251 e. The van der Waals surface area contributed by atoms with Gasteiger partial charge in [0.05, 0.1) is 11.0 Å². The van der Waals surface area contributed by atoms with E-state index in [1.807, 2.05) is 6.92 Å². The van der Waals surface area contributed by atoms with E-state index in [1.54, 1.807) is 13.8 Å². The van der Waals surface area contributed by atoms with E-state index in [0.717, 1.165) is 6.42 Å². The summed E-state index contributed by atoms with van der Waals surface area (Å²) < 4.78 is 26.4. The minimum atomic E-state index is -3.56. The predicted molar refractivity (Wildman–Crippen MR) is 85.1 cm³/mol. The topological polar surface area (TPSA) is 95.5 Å². The van der Waals surface area contributed by atoms with E-state index in [0.29, 0.717) is 12.0 Å². The van der Waals surface area contributed by atoms with Crippen LogP contribution in [0.4, 0.5) is 0 Å². The Balaban J connectivity index is 2.70. The molecule has 0 aliphatic heterocycles. The molecule has 0 aliphatic carbocycles. The quantitative estimate of drug-likeness (QED) is 0.669. The number of nitrogens with one attached hydrogen (secondary N) is 2. The van der Waals surface area contributed by atoms with Crippen molar-refractivity contribution in [1.82, 2.24) is 10.0 Å². The lowest BCUT2D eigenvalue weighted by atomic mass is 10.2. The minimum absolute atomic E-state index is 0.115. The Bertz CT molecular complexity index is 582.